The molecule has 1 saturated heterocycles. The van der Waals surface area contributed by atoms with Gasteiger partial charge in [-0.15, -0.1) is 22.9 Å². The molecule has 0 aliphatic carbocycles. The molecule has 1 fully saturated rings. The quantitative estimate of drug-likeness (QED) is 0.788. The van der Waals surface area contributed by atoms with Gasteiger partial charge in [-0.25, -0.2) is 4.98 Å². The van der Waals surface area contributed by atoms with Gasteiger partial charge < -0.3 is 10.1 Å². The van der Waals surface area contributed by atoms with E-state index < -0.39 is 0 Å². The molecular formula is C8H11ClN2OS. The molecule has 0 bridgehead atoms. The maximum Gasteiger partial charge on any atom is 0.183 e. The van der Waals surface area contributed by atoms with Crippen molar-refractivity contribution >= 4 is 28.1 Å². The normalized spacial score (nSPS) is 27.8. The highest BCUT2D eigenvalue weighted by Gasteiger charge is 2.34. The zero-order valence-electron chi connectivity index (χ0n) is 7.12. The summed E-state index contributed by atoms with van der Waals surface area (Å²) >= 11 is 7.50. The first-order valence-electron chi connectivity index (χ1n) is 4.16. The van der Waals surface area contributed by atoms with E-state index in [9.17, 15) is 0 Å². The maximum atomic E-state index is 5.92. The number of ether oxygens (including phenoxy) is 1. The molecule has 3 nitrogen and oxygen atoms in total. The lowest BCUT2D eigenvalue weighted by Gasteiger charge is -2.25. The van der Waals surface area contributed by atoms with Crippen LogP contribution in [0.4, 0.5) is 5.13 Å². The number of hydrogen-bond donors (Lipinski definition) is 1. The van der Waals surface area contributed by atoms with E-state index in [0.717, 1.165) is 18.2 Å². The minimum atomic E-state index is -0.0978. The van der Waals surface area contributed by atoms with Crippen LogP contribution in [0.5, 0.6) is 0 Å². The van der Waals surface area contributed by atoms with Crippen molar-refractivity contribution in [3.8, 4) is 0 Å². The van der Waals surface area contributed by atoms with Gasteiger partial charge in [-0.3, -0.25) is 0 Å². The predicted octanol–water partition coefficient (Wildman–Crippen LogP) is 1.95. The van der Waals surface area contributed by atoms with E-state index in [0.29, 0.717) is 12.5 Å². The number of nitrogens with zero attached hydrogens (tertiary/aromatic N) is 1. The van der Waals surface area contributed by atoms with Crippen LogP contribution >= 0.6 is 22.9 Å². The number of aromatic nitrogens is 1. The smallest absolute Gasteiger partial charge is 0.183 e. The van der Waals surface area contributed by atoms with Crippen LogP contribution in [0.1, 0.15) is 6.42 Å². The number of halogens is 1. The summed E-state index contributed by atoms with van der Waals surface area (Å²) in [6.07, 6.45) is 2.74. The molecule has 1 aliphatic heterocycles. The molecule has 1 atom stereocenters. The highest BCUT2D eigenvalue weighted by atomic mass is 35.5. The summed E-state index contributed by atoms with van der Waals surface area (Å²) in [5.74, 6) is 0.562. The molecule has 13 heavy (non-hydrogen) atoms. The Bertz CT molecular complexity index is 259. The van der Waals surface area contributed by atoms with Crippen LogP contribution in [0.25, 0.3) is 0 Å². The van der Waals surface area contributed by atoms with Crippen molar-refractivity contribution in [2.75, 3.05) is 24.4 Å². The van der Waals surface area contributed by atoms with E-state index in [1.54, 1.807) is 17.5 Å². The third-order valence-electron chi connectivity index (χ3n) is 2.16. The summed E-state index contributed by atoms with van der Waals surface area (Å²) in [6, 6.07) is 0. The lowest BCUT2D eigenvalue weighted by Crippen LogP contribution is -2.40. The van der Waals surface area contributed by atoms with E-state index in [-0.39, 0.29) is 5.54 Å². The van der Waals surface area contributed by atoms with Gasteiger partial charge in [0.1, 0.15) is 0 Å². The molecule has 1 unspecified atom stereocenters. The second kappa shape index (κ2) is 3.82. The Morgan fingerprint density at radius 1 is 1.77 bits per heavy atom. The van der Waals surface area contributed by atoms with Crippen LogP contribution in [-0.4, -0.2) is 29.6 Å². The lowest BCUT2D eigenvalue weighted by atomic mass is 10.0. The molecule has 1 aliphatic rings. The van der Waals surface area contributed by atoms with Gasteiger partial charge in [0.25, 0.3) is 0 Å². The second-order valence-corrected chi connectivity index (χ2v) is 4.34. The molecule has 2 heterocycles. The molecule has 0 aromatic carbocycles. The first kappa shape index (κ1) is 9.24. The molecule has 0 radical (unpaired) electrons. The fourth-order valence-corrected chi connectivity index (χ4v) is 2.28. The van der Waals surface area contributed by atoms with Crippen LogP contribution in [0.15, 0.2) is 11.6 Å². The zero-order valence-corrected chi connectivity index (χ0v) is 8.70. The average Bonchev–Trinajstić information content (AvgIpc) is 2.77. The van der Waals surface area contributed by atoms with Gasteiger partial charge in [0.05, 0.1) is 12.1 Å². The van der Waals surface area contributed by atoms with Crippen molar-refractivity contribution in [2.45, 2.75) is 12.0 Å². The van der Waals surface area contributed by atoms with E-state index in [1.807, 2.05) is 5.38 Å². The third kappa shape index (κ3) is 1.95. The van der Waals surface area contributed by atoms with Gasteiger partial charge in [0, 0.05) is 24.1 Å². The molecule has 72 valence electrons. The largest absolute Gasteiger partial charge is 0.379 e. The zero-order chi connectivity index (χ0) is 9.15. The molecule has 0 saturated carbocycles. The standard InChI is InChI=1S/C8H11ClN2OS/c9-5-8(1-3-12-6-8)11-7-10-2-4-13-7/h2,4H,1,3,5-6H2,(H,10,11). The van der Waals surface area contributed by atoms with Crippen LogP contribution < -0.4 is 5.32 Å². The van der Waals surface area contributed by atoms with Crippen LogP contribution in [0.3, 0.4) is 0 Å². The fraction of sp³-hybridized carbons (Fsp3) is 0.625. The van der Waals surface area contributed by atoms with Crippen molar-refractivity contribution in [3.05, 3.63) is 11.6 Å². The number of hydrogen-bond acceptors (Lipinski definition) is 4. The SMILES string of the molecule is ClCC1(Nc2nccs2)CCOC1. The Hall–Kier alpha value is -0.320. The maximum absolute atomic E-state index is 5.92. The summed E-state index contributed by atoms with van der Waals surface area (Å²) in [5, 5.41) is 6.20. The van der Waals surface area contributed by atoms with Crippen LogP contribution in [0.2, 0.25) is 0 Å². The molecule has 1 N–H and O–H groups in total. The van der Waals surface area contributed by atoms with Gasteiger partial charge in [0.2, 0.25) is 0 Å². The summed E-state index contributed by atoms with van der Waals surface area (Å²) in [5.41, 5.74) is -0.0978. The molecule has 1 aromatic rings. The number of anilines is 1. The summed E-state index contributed by atoms with van der Waals surface area (Å²) in [6.45, 7) is 1.46. The molecule has 1 aromatic heterocycles. The number of rotatable bonds is 3. The Labute approximate surface area is 86.1 Å². The lowest BCUT2D eigenvalue weighted by molar-refractivity contribution is 0.185. The van der Waals surface area contributed by atoms with Crippen LogP contribution in [-0.2, 0) is 4.74 Å². The van der Waals surface area contributed by atoms with Crippen molar-refractivity contribution < 1.29 is 4.74 Å². The van der Waals surface area contributed by atoms with Crippen LogP contribution in [0, 0.1) is 0 Å². The van der Waals surface area contributed by atoms with Gasteiger partial charge in [-0.1, -0.05) is 0 Å². The minimum absolute atomic E-state index is 0.0978. The first-order valence-corrected chi connectivity index (χ1v) is 5.57. The van der Waals surface area contributed by atoms with Gasteiger partial charge in [0.15, 0.2) is 5.13 Å². The number of nitrogens with one attached hydrogen (secondary N) is 1. The Kier molecular flexibility index (Phi) is 2.71. The molecular weight excluding hydrogens is 208 g/mol. The molecule has 5 heteroatoms. The second-order valence-electron chi connectivity index (χ2n) is 3.18. The van der Waals surface area contributed by atoms with Gasteiger partial charge in [-0.05, 0) is 6.42 Å². The van der Waals surface area contributed by atoms with Gasteiger partial charge in [-0.2, -0.15) is 0 Å². The number of thiazole rings is 1. The van der Waals surface area contributed by atoms with E-state index in [1.165, 1.54) is 0 Å². The molecule has 0 spiro atoms. The topological polar surface area (TPSA) is 34.2 Å². The first-order chi connectivity index (χ1) is 6.35. The van der Waals surface area contributed by atoms with Crippen molar-refractivity contribution in [2.24, 2.45) is 0 Å². The monoisotopic (exact) mass is 218 g/mol. The summed E-state index contributed by atoms with van der Waals surface area (Å²) < 4.78 is 5.33. The fourth-order valence-electron chi connectivity index (χ4n) is 1.36. The minimum Gasteiger partial charge on any atom is -0.379 e. The highest BCUT2D eigenvalue weighted by Crippen LogP contribution is 2.26. The van der Waals surface area contributed by atoms with E-state index in [2.05, 4.69) is 10.3 Å². The summed E-state index contributed by atoms with van der Waals surface area (Å²) in [4.78, 5) is 4.17. The Morgan fingerprint density at radius 2 is 2.69 bits per heavy atom. The van der Waals surface area contributed by atoms with Crippen molar-refractivity contribution in [1.29, 1.82) is 0 Å². The van der Waals surface area contributed by atoms with E-state index >= 15 is 0 Å². The van der Waals surface area contributed by atoms with E-state index in [4.69, 9.17) is 16.3 Å². The van der Waals surface area contributed by atoms with Gasteiger partial charge >= 0.3 is 0 Å². The Morgan fingerprint density at radius 3 is 3.23 bits per heavy atom. The Balaban J connectivity index is 2.06. The molecule has 0 amide bonds. The molecule has 2 rings (SSSR count). The van der Waals surface area contributed by atoms with Crippen molar-refractivity contribution in [1.82, 2.24) is 4.98 Å². The summed E-state index contributed by atoms with van der Waals surface area (Å²) in [7, 11) is 0. The van der Waals surface area contributed by atoms with Crippen molar-refractivity contribution in [3.63, 3.8) is 0 Å². The average molecular weight is 219 g/mol. The third-order valence-corrected chi connectivity index (χ3v) is 3.36. The predicted molar refractivity (Wildman–Crippen MR) is 54.6 cm³/mol. The number of alkyl halides is 1. The highest BCUT2D eigenvalue weighted by molar-refractivity contribution is 7.13.